The van der Waals surface area contributed by atoms with E-state index in [0.717, 1.165) is 10.8 Å². The summed E-state index contributed by atoms with van der Waals surface area (Å²) in [7, 11) is 0. The van der Waals surface area contributed by atoms with E-state index in [1.165, 1.54) is 12.1 Å². The molecule has 0 saturated heterocycles. The van der Waals surface area contributed by atoms with E-state index in [4.69, 9.17) is 4.74 Å². The molecule has 0 unspecified atom stereocenters. The van der Waals surface area contributed by atoms with Crippen LogP contribution < -0.4 is 10.1 Å². The Morgan fingerprint density at radius 1 is 1.08 bits per heavy atom. The number of benzene rings is 3. The molecule has 3 rings (SSSR count). The first kappa shape index (κ1) is 16.7. The van der Waals surface area contributed by atoms with Crippen LogP contribution in [0.1, 0.15) is 0 Å². The molecule has 0 aromatic heterocycles. The molecule has 25 heavy (non-hydrogen) atoms. The predicted octanol–water partition coefficient (Wildman–Crippen LogP) is 3.60. The monoisotopic (exact) mass is 338 g/mol. The van der Waals surface area contributed by atoms with E-state index in [1.807, 2.05) is 42.5 Å². The van der Waals surface area contributed by atoms with Crippen LogP contribution in [-0.4, -0.2) is 29.3 Å². The van der Waals surface area contributed by atoms with E-state index in [-0.39, 0.29) is 18.8 Å². The first-order chi connectivity index (χ1) is 12.1. The third-order valence-electron chi connectivity index (χ3n) is 3.78. The molecule has 0 aliphatic rings. The molecule has 2 N–H and O–H groups in total. The lowest BCUT2D eigenvalue weighted by Crippen LogP contribution is -2.26. The lowest BCUT2D eigenvalue weighted by atomic mass is 10.1. The lowest BCUT2D eigenvalue weighted by Gasteiger charge is -2.15. The predicted molar refractivity (Wildman–Crippen MR) is 97.0 cm³/mol. The van der Waals surface area contributed by atoms with Crippen LogP contribution >= 0.6 is 0 Å². The van der Waals surface area contributed by atoms with Gasteiger partial charge in [0.05, 0.1) is 4.92 Å². The molecule has 0 amide bonds. The van der Waals surface area contributed by atoms with E-state index in [2.05, 4.69) is 5.32 Å². The summed E-state index contributed by atoms with van der Waals surface area (Å²) in [6.45, 7) is 0.349. The van der Waals surface area contributed by atoms with Crippen LogP contribution in [0, 0.1) is 10.1 Å². The molecule has 0 heterocycles. The first-order valence-corrected chi connectivity index (χ1v) is 7.90. The Morgan fingerprint density at radius 3 is 2.68 bits per heavy atom. The average molecular weight is 338 g/mol. The fourth-order valence-corrected chi connectivity index (χ4v) is 2.53. The number of fused-ring (bicyclic) bond motifs is 1. The summed E-state index contributed by atoms with van der Waals surface area (Å²) in [6, 6.07) is 19.8. The van der Waals surface area contributed by atoms with Crippen LogP contribution in [0.2, 0.25) is 0 Å². The smallest absolute Gasteiger partial charge is 0.271 e. The Labute approximate surface area is 144 Å². The van der Waals surface area contributed by atoms with Crippen molar-refractivity contribution in [1.29, 1.82) is 0 Å². The van der Waals surface area contributed by atoms with Gasteiger partial charge in [-0.25, -0.2) is 0 Å². The zero-order valence-electron chi connectivity index (χ0n) is 13.5. The largest absolute Gasteiger partial charge is 0.490 e. The number of hydrogen-bond donors (Lipinski definition) is 2. The number of nitrogens with zero attached hydrogens (tertiary/aromatic N) is 1. The number of nitrogens with one attached hydrogen (secondary N) is 1. The number of aliphatic hydroxyl groups excluding tert-OH is 1. The Hall–Kier alpha value is -3.12. The van der Waals surface area contributed by atoms with Crippen LogP contribution in [0.5, 0.6) is 5.75 Å². The SMILES string of the molecule is O=[N+]([O-])c1cccc(NC[C@H](O)COc2cccc3ccccc23)c1. The third kappa shape index (κ3) is 4.24. The number of ether oxygens (including phenoxy) is 1. The molecule has 6 nitrogen and oxygen atoms in total. The number of anilines is 1. The Kier molecular flexibility index (Phi) is 5.11. The summed E-state index contributed by atoms with van der Waals surface area (Å²) in [5.41, 5.74) is 0.588. The minimum Gasteiger partial charge on any atom is -0.490 e. The van der Waals surface area contributed by atoms with Crippen LogP contribution in [0.3, 0.4) is 0 Å². The van der Waals surface area contributed by atoms with E-state index >= 15 is 0 Å². The quantitative estimate of drug-likeness (QED) is 0.508. The van der Waals surface area contributed by atoms with E-state index < -0.39 is 11.0 Å². The van der Waals surface area contributed by atoms with Crippen LogP contribution in [0.25, 0.3) is 10.8 Å². The Balaban J connectivity index is 1.57. The Bertz CT molecular complexity index is 877. The first-order valence-electron chi connectivity index (χ1n) is 7.90. The third-order valence-corrected chi connectivity index (χ3v) is 3.78. The molecule has 3 aromatic carbocycles. The summed E-state index contributed by atoms with van der Waals surface area (Å²) in [6.07, 6.45) is -0.752. The molecule has 0 bridgehead atoms. The molecule has 128 valence electrons. The molecule has 0 aliphatic carbocycles. The number of aliphatic hydroxyl groups is 1. The molecular weight excluding hydrogens is 320 g/mol. The van der Waals surface area contributed by atoms with Gasteiger partial charge in [-0.1, -0.05) is 42.5 Å². The Morgan fingerprint density at radius 2 is 1.84 bits per heavy atom. The standard InChI is InChI=1S/C19H18N2O4/c22-17(12-20-15-7-4-8-16(11-15)21(23)24)13-25-19-10-3-6-14-5-1-2-9-18(14)19/h1-11,17,20,22H,12-13H2/t17-/m0/s1. The van der Waals surface area contributed by atoms with Crippen molar-refractivity contribution in [2.75, 3.05) is 18.5 Å². The fraction of sp³-hybridized carbons (Fsp3) is 0.158. The van der Waals surface area contributed by atoms with Gasteiger partial charge in [0.2, 0.25) is 0 Å². The van der Waals surface area contributed by atoms with Gasteiger partial charge >= 0.3 is 0 Å². The number of hydrogen-bond acceptors (Lipinski definition) is 5. The summed E-state index contributed by atoms with van der Waals surface area (Å²) in [5, 5.41) is 25.9. The van der Waals surface area contributed by atoms with Crippen LogP contribution in [0.15, 0.2) is 66.7 Å². The van der Waals surface area contributed by atoms with Crippen LogP contribution in [-0.2, 0) is 0 Å². The van der Waals surface area contributed by atoms with Crippen molar-refractivity contribution < 1.29 is 14.8 Å². The van der Waals surface area contributed by atoms with Crippen molar-refractivity contribution in [3.63, 3.8) is 0 Å². The summed E-state index contributed by atoms with van der Waals surface area (Å²) in [4.78, 5) is 10.3. The zero-order chi connectivity index (χ0) is 17.6. The van der Waals surface area contributed by atoms with Gasteiger partial charge in [-0.15, -0.1) is 0 Å². The van der Waals surface area contributed by atoms with Crippen molar-refractivity contribution in [3.8, 4) is 5.75 Å². The van der Waals surface area contributed by atoms with Gasteiger partial charge < -0.3 is 15.2 Å². The molecule has 6 heteroatoms. The van der Waals surface area contributed by atoms with Crippen molar-refractivity contribution in [3.05, 3.63) is 76.8 Å². The van der Waals surface area contributed by atoms with Crippen molar-refractivity contribution in [1.82, 2.24) is 0 Å². The van der Waals surface area contributed by atoms with Gasteiger partial charge in [0.1, 0.15) is 18.5 Å². The molecule has 0 fully saturated rings. The molecule has 0 radical (unpaired) electrons. The highest BCUT2D eigenvalue weighted by Gasteiger charge is 2.09. The minimum absolute atomic E-state index is 0.00601. The number of rotatable bonds is 7. The average Bonchev–Trinajstić information content (AvgIpc) is 2.65. The second-order valence-electron chi connectivity index (χ2n) is 5.63. The maximum atomic E-state index is 10.8. The summed E-state index contributed by atoms with van der Waals surface area (Å²) < 4.78 is 5.73. The maximum Gasteiger partial charge on any atom is 0.271 e. The van der Waals surface area contributed by atoms with Crippen molar-refractivity contribution in [2.24, 2.45) is 0 Å². The highest BCUT2D eigenvalue weighted by atomic mass is 16.6. The van der Waals surface area contributed by atoms with E-state index in [1.54, 1.807) is 12.1 Å². The number of non-ortho nitro benzene ring substituents is 1. The second kappa shape index (κ2) is 7.63. The van der Waals surface area contributed by atoms with Crippen LogP contribution in [0.4, 0.5) is 11.4 Å². The second-order valence-corrected chi connectivity index (χ2v) is 5.63. The fourth-order valence-electron chi connectivity index (χ4n) is 2.53. The van der Waals surface area contributed by atoms with E-state index in [0.29, 0.717) is 11.4 Å². The molecule has 0 spiro atoms. The summed E-state index contributed by atoms with van der Waals surface area (Å²) in [5.74, 6) is 0.715. The summed E-state index contributed by atoms with van der Waals surface area (Å²) >= 11 is 0. The van der Waals surface area contributed by atoms with Crippen molar-refractivity contribution in [2.45, 2.75) is 6.10 Å². The van der Waals surface area contributed by atoms with Gasteiger partial charge in [-0.3, -0.25) is 10.1 Å². The molecule has 1 atom stereocenters. The minimum atomic E-state index is -0.752. The number of nitro benzene ring substituents is 1. The van der Waals surface area contributed by atoms with Gasteiger partial charge in [-0.2, -0.15) is 0 Å². The van der Waals surface area contributed by atoms with Gasteiger partial charge in [0.25, 0.3) is 5.69 Å². The normalized spacial score (nSPS) is 11.9. The topological polar surface area (TPSA) is 84.6 Å². The van der Waals surface area contributed by atoms with Gasteiger partial charge in [0.15, 0.2) is 0 Å². The lowest BCUT2D eigenvalue weighted by molar-refractivity contribution is -0.384. The highest BCUT2D eigenvalue weighted by molar-refractivity contribution is 5.88. The van der Waals surface area contributed by atoms with E-state index in [9.17, 15) is 15.2 Å². The zero-order valence-corrected chi connectivity index (χ0v) is 13.5. The molecule has 3 aromatic rings. The maximum absolute atomic E-state index is 10.8. The molecular formula is C19H18N2O4. The molecule has 0 aliphatic heterocycles. The molecule has 0 saturated carbocycles. The van der Waals surface area contributed by atoms with Gasteiger partial charge in [-0.05, 0) is 17.5 Å². The highest BCUT2D eigenvalue weighted by Crippen LogP contribution is 2.25. The number of nitro groups is 1. The van der Waals surface area contributed by atoms with Gasteiger partial charge in [0, 0.05) is 29.8 Å². The van der Waals surface area contributed by atoms with Crippen molar-refractivity contribution >= 4 is 22.1 Å².